The van der Waals surface area contributed by atoms with Gasteiger partial charge in [0.1, 0.15) is 5.92 Å². The summed E-state index contributed by atoms with van der Waals surface area (Å²) in [7, 11) is 0. The molecule has 0 spiro atoms. The average Bonchev–Trinajstić information content (AvgIpc) is 2.31. The van der Waals surface area contributed by atoms with Gasteiger partial charge in [-0.1, -0.05) is 27.7 Å². The van der Waals surface area contributed by atoms with Crippen molar-refractivity contribution in [3.63, 3.8) is 0 Å². The van der Waals surface area contributed by atoms with Gasteiger partial charge in [0.2, 0.25) is 5.91 Å². The summed E-state index contributed by atoms with van der Waals surface area (Å²) < 4.78 is 5.11. The van der Waals surface area contributed by atoms with Gasteiger partial charge in [0.25, 0.3) is 0 Å². The largest absolute Gasteiger partial charge is 0.465 e. The maximum absolute atomic E-state index is 12.8. The fourth-order valence-corrected chi connectivity index (χ4v) is 3.56. The lowest BCUT2D eigenvalue weighted by molar-refractivity contribution is -0.161. The lowest BCUT2D eigenvalue weighted by Gasteiger charge is -2.41. The van der Waals surface area contributed by atoms with Crippen LogP contribution in [0.5, 0.6) is 0 Å². The van der Waals surface area contributed by atoms with Gasteiger partial charge in [-0.2, -0.15) is 11.8 Å². The second-order valence-electron chi connectivity index (χ2n) is 6.40. The average molecular weight is 301 g/mol. The summed E-state index contributed by atoms with van der Waals surface area (Å²) >= 11 is 1.88. The monoisotopic (exact) mass is 301 g/mol. The van der Waals surface area contributed by atoms with E-state index >= 15 is 0 Å². The van der Waals surface area contributed by atoms with E-state index in [1.165, 1.54) is 0 Å². The predicted octanol–water partition coefficient (Wildman–Crippen LogP) is 2.56. The molecule has 1 aliphatic rings. The van der Waals surface area contributed by atoms with Crippen LogP contribution in [0.15, 0.2) is 0 Å². The quantitative estimate of drug-likeness (QED) is 0.594. The van der Waals surface area contributed by atoms with Crippen LogP contribution in [0, 0.1) is 11.3 Å². The van der Waals surface area contributed by atoms with Gasteiger partial charge in [-0.05, 0) is 19.3 Å². The summed E-state index contributed by atoms with van der Waals surface area (Å²) in [6, 6.07) is 0.153. The summed E-state index contributed by atoms with van der Waals surface area (Å²) in [6.45, 7) is 12.7. The highest BCUT2D eigenvalue weighted by Gasteiger charge is 2.43. The molecule has 1 aliphatic heterocycles. The smallest absolute Gasteiger partial charge is 0.319 e. The summed E-state index contributed by atoms with van der Waals surface area (Å²) in [5, 5.41) is 0.399. The molecular weight excluding hydrogens is 274 g/mol. The third-order valence-electron chi connectivity index (χ3n) is 3.80. The molecule has 5 heteroatoms. The summed E-state index contributed by atoms with van der Waals surface area (Å²) in [4.78, 5) is 26.9. The van der Waals surface area contributed by atoms with Gasteiger partial charge in [0, 0.05) is 23.6 Å². The fourth-order valence-electron chi connectivity index (χ4n) is 2.46. The Balaban J connectivity index is 2.96. The van der Waals surface area contributed by atoms with Crippen molar-refractivity contribution in [3.8, 4) is 0 Å². The highest BCUT2D eigenvalue weighted by molar-refractivity contribution is 8.00. The second kappa shape index (κ2) is 6.83. The van der Waals surface area contributed by atoms with Crippen LogP contribution in [0.25, 0.3) is 0 Å². The minimum atomic E-state index is -0.722. The van der Waals surface area contributed by atoms with Crippen molar-refractivity contribution in [1.82, 2.24) is 4.90 Å². The molecule has 0 radical (unpaired) electrons. The lowest BCUT2D eigenvalue weighted by Crippen LogP contribution is -2.54. The molecule has 0 aromatic rings. The van der Waals surface area contributed by atoms with Crippen LogP contribution in [0.1, 0.15) is 41.5 Å². The molecule has 116 valence electrons. The number of carbonyl (C=O) groups is 2. The number of ether oxygens (including phenoxy) is 1. The van der Waals surface area contributed by atoms with Crippen LogP contribution in [0.3, 0.4) is 0 Å². The molecule has 3 unspecified atom stereocenters. The van der Waals surface area contributed by atoms with Crippen molar-refractivity contribution in [3.05, 3.63) is 0 Å². The molecule has 1 heterocycles. The molecule has 0 aromatic heterocycles. The number of esters is 1. The number of thioether (sulfide) groups is 1. The SMILES string of the molecule is CCOC(=O)C(C(=O)N1CCSC(C)C1C)C(C)(C)C. The number of rotatable bonds is 3. The molecule has 0 aromatic carbocycles. The van der Waals surface area contributed by atoms with Crippen molar-refractivity contribution in [2.24, 2.45) is 11.3 Å². The van der Waals surface area contributed by atoms with Crippen LogP contribution in [-0.2, 0) is 14.3 Å². The van der Waals surface area contributed by atoms with E-state index in [4.69, 9.17) is 4.74 Å². The maximum Gasteiger partial charge on any atom is 0.319 e. The van der Waals surface area contributed by atoms with E-state index in [1.807, 2.05) is 37.4 Å². The third kappa shape index (κ3) is 3.90. The normalized spacial score (nSPS) is 25.2. The fraction of sp³-hybridized carbons (Fsp3) is 0.867. The van der Waals surface area contributed by atoms with Gasteiger partial charge in [0.15, 0.2) is 0 Å². The Kier molecular flexibility index (Phi) is 5.92. The molecule has 0 N–H and O–H groups in total. The highest BCUT2D eigenvalue weighted by Crippen LogP contribution is 2.32. The van der Waals surface area contributed by atoms with Gasteiger partial charge in [-0.3, -0.25) is 9.59 Å². The first kappa shape index (κ1) is 17.3. The van der Waals surface area contributed by atoms with Crippen molar-refractivity contribution in [1.29, 1.82) is 0 Å². The number of hydrogen-bond donors (Lipinski definition) is 0. The first-order valence-corrected chi connectivity index (χ1v) is 8.33. The molecular formula is C15H27NO3S. The Bertz CT molecular complexity index is 365. The van der Waals surface area contributed by atoms with Crippen LogP contribution in [0.4, 0.5) is 0 Å². The van der Waals surface area contributed by atoms with Crippen LogP contribution < -0.4 is 0 Å². The number of nitrogens with zero attached hydrogens (tertiary/aromatic N) is 1. The Morgan fingerprint density at radius 3 is 2.45 bits per heavy atom. The zero-order valence-electron chi connectivity index (χ0n) is 13.4. The first-order chi connectivity index (χ1) is 9.20. The van der Waals surface area contributed by atoms with Gasteiger partial charge < -0.3 is 9.64 Å². The Morgan fingerprint density at radius 1 is 1.35 bits per heavy atom. The van der Waals surface area contributed by atoms with E-state index in [1.54, 1.807) is 6.92 Å². The maximum atomic E-state index is 12.8. The van der Waals surface area contributed by atoms with E-state index in [-0.39, 0.29) is 11.9 Å². The van der Waals surface area contributed by atoms with Gasteiger partial charge in [0.05, 0.1) is 6.61 Å². The molecule has 3 atom stereocenters. The second-order valence-corrected chi connectivity index (χ2v) is 7.88. The molecule has 0 aliphatic carbocycles. The molecule has 1 amide bonds. The minimum absolute atomic E-state index is 0.0874. The Morgan fingerprint density at radius 2 is 1.95 bits per heavy atom. The van der Waals surface area contributed by atoms with E-state index in [0.29, 0.717) is 18.4 Å². The first-order valence-electron chi connectivity index (χ1n) is 7.28. The van der Waals surface area contributed by atoms with E-state index in [2.05, 4.69) is 13.8 Å². The molecule has 0 saturated carbocycles. The van der Waals surface area contributed by atoms with Gasteiger partial charge in [-0.25, -0.2) is 0 Å². The van der Waals surface area contributed by atoms with Crippen LogP contribution in [-0.4, -0.2) is 47.0 Å². The van der Waals surface area contributed by atoms with E-state index in [9.17, 15) is 9.59 Å². The Hall–Kier alpha value is -0.710. The van der Waals surface area contributed by atoms with Crippen LogP contribution in [0.2, 0.25) is 0 Å². The van der Waals surface area contributed by atoms with Gasteiger partial charge in [-0.15, -0.1) is 0 Å². The molecule has 20 heavy (non-hydrogen) atoms. The van der Waals surface area contributed by atoms with Crippen molar-refractivity contribution in [2.45, 2.75) is 52.8 Å². The Labute approximate surface area is 126 Å². The molecule has 1 saturated heterocycles. The van der Waals surface area contributed by atoms with Crippen LogP contribution >= 0.6 is 11.8 Å². The van der Waals surface area contributed by atoms with Crippen molar-refractivity contribution >= 4 is 23.6 Å². The van der Waals surface area contributed by atoms with Crippen molar-refractivity contribution in [2.75, 3.05) is 18.9 Å². The number of carbonyl (C=O) groups excluding carboxylic acids is 2. The van der Waals surface area contributed by atoms with Gasteiger partial charge >= 0.3 is 5.97 Å². The number of amides is 1. The number of hydrogen-bond acceptors (Lipinski definition) is 4. The minimum Gasteiger partial charge on any atom is -0.465 e. The molecule has 1 fully saturated rings. The molecule has 1 rings (SSSR count). The molecule has 4 nitrogen and oxygen atoms in total. The predicted molar refractivity (Wildman–Crippen MR) is 82.7 cm³/mol. The summed E-state index contributed by atoms with van der Waals surface area (Å²) in [5.41, 5.74) is -0.434. The lowest BCUT2D eigenvalue weighted by atomic mass is 9.79. The highest BCUT2D eigenvalue weighted by atomic mass is 32.2. The zero-order chi connectivity index (χ0) is 15.5. The summed E-state index contributed by atoms with van der Waals surface area (Å²) in [6.07, 6.45) is 0. The van der Waals surface area contributed by atoms with E-state index in [0.717, 1.165) is 5.75 Å². The molecule has 0 bridgehead atoms. The summed E-state index contributed by atoms with van der Waals surface area (Å²) in [5.74, 6) is -0.282. The third-order valence-corrected chi connectivity index (χ3v) is 5.14. The van der Waals surface area contributed by atoms with Crippen molar-refractivity contribution < 1.29 is 14.3 Å². The van der Waals surface area contributed by atoms with E-state index < -0.39 is 17.3 Å². The topological polar surface area (TPSA) is 46.6 Å². The standard InChI is InChI=1S/C15H27NO3S/c1-7-19-14(18)12(15(4,5)6)13(17)16-8-9-20-11(3)10(16)2/h10-12H,7-9H2,1-6H3. The zero-order valence-corrected chi connectivity index (χ0v) is 14.3.